The minimum Gasteiger partial charge on any atom is -0.478 e. The van der Waals surface area contributed by atoms with E-state index in [4.69, 9.17) is 0 Å². The van der Waals surface area contributed by atoms with Crippen LogP contribution in [-0.4, -0.2) is 23.5 Å². The molecule has 4 rings (SSSR count). The molecule has 0 aliphatic heterocycles. The van der Waals surface area contributed by atoms with Crippen LogP contribution in [0.5, 0.6) is 0 Å². The fourth-order valence-corrected chi connectivity index (χ4v) is 4.92. The minimum atomic E-state index is -0.944. The summed E-state index contributed by atoms with van der Waals surface area (Å²) in [6, 6.07) is 25.3. The molecule has 1 aliphatic carbocycles. The highest BCUT2D eigenvalue weighted by atomic mass is 16.4. The minimum absolute atomic E-state index is 0.0375. The molecule has 2 unspecified atom stereocenters. The topological polar surface area (TPSA) is 66.4 Å². The third-order valence-electron chi connectivity index (χ3n) is 6.70. The van der Waals surface area contributed by atoms with Crippen molar-refractivity contribution in [1.82, 2.24) is 5.32 Å². The smallest absolute Gasteiger partial charge is 0.335 e. The number of benzene rings is 3. The highest BCUT2D eigenvalue weighted by Crippen LogP contribution is 2.32. The van der Waals surface area contributed by atoms with Crippen LogP contribution in [0.25, 0.3) is 11.1 Å². The second-order valence-corrected chi connectivity index (χ2v) is 9.06. The van der Waals surface area contributed by atoms with Gasteiger partial charge in [-0.15, -0.1) is 0 Å². The molecule has 0 saturated heterocycles. The Morgan fingerprint density at radius 2 is 1.45 bits per heavy atom. The van der Waals surface area contributed by atoms with Crippen molar-refractivity contribution in [3.63, 3.8) is 0 Å². The molecule has 1 amide bonds. The molecule has 4 nitrogen and oxygen atoms in total. The predicted octanol–water partition coefficient (Wildman–Crippen LogP) is 5.76. The number of hydrogen-bond acceptors (Lipinski definition) is 2. The summed E-state index contributed by atoms with van der Waals surface area (Å²) in [5, 5.41) is 12.4. The van der Waals surface area contributed by atoms with Gasteiger partial charge in [-0.2, -0.15) is 0 Å². The van der Waals surface area contributed by atoms with E-state index in [0.29, 0.717) is 18.3 Å². The van der Waals surface area contributed by atoms with Crippen LogP contribution in [0, 0.1) is 11.8 Å². The van der Waals surface area contributed by atoms with Crippen LogP contribution < -0.4 is 5.32 Å². The predicted molar refractivity (Wildman–Crippen MR) is 131 cm³/mol. The van der Waals surface area contributed by atoms with Crippen molar-refractivity contribution >= 4 is 11.9 Å². The van der Waals surface area contributed by atoms with Crippen LogP contribution in [0.2, 0.25) is 0 Å². The van der Waals surface area contributed by atoms with Gasteiger partial charge in [0, 0.05) is 6.54 Å². The maximum atomic E-state index is 12.7. The molecule has 0 aromatic heterocycles. The van der Waals surface area contributed by atoms with Gasteiger partial charge in [-0.1, -0.05) is 79.6 Å². The van der Waals surface area contributed by atoms with Crippen molar-refractivity contribution in [2.24, 2.45) is 11.8 Å². The van der Waals surface area contributed by atoms with Gasteiger partial charge in [0.1, 0.15) is 0 Å². The van der Waals surface area contributed by atoms with Gasteiger partial charge in [0.25, 0.3) is 0 Å². The van der Waals surface area contributed by atoms with E-state index in [2.05, 4.69) is 35.6 Å². The number of hydrogen-bond donors (Lipinski definition) is 2. The third-order valence-corrected chi connectivity index (χ3v) is 6.70. The van der Waals surface area contributed by atoms with Gasteiger partial charge in [0.05, 0.1) is 12.0 Å². The average Bonchev–Trinajstić information content (AvgIpc) is 2.84. The molecular weight excluding hydrogens is 410 g/mol. The molecule has 0 heterocycles. The Labute approximate surface area is 195 Å². The van der Waals surface area contributed by atoms with Crippen molar-refractivity contribution in [3.05, 3.63) is 95.6 Å². The van der Waals surface area contributed by atoms with Gasteiger partial charge in [0.15, 0.2) is 0 Å². The molecule has 2 N–H and O–H groups in total. The summed E-state index contributed by atoms with van der Waals surface area (Å²) in [6.45, 7) is 0.733. The summed E-state index contributed by atoms with van der Waals surface area (Å²) in [4.78, 5) is 24.0. The Morgan fingerprint density at radius 3 is 2.21 bits per heavy atom. The molecule has 170 valence electrons. The van der Waals surface area contributed by atoms with Crippen LogP contribution >= 0.6 is 0 Å². The van der Waals surface area contributed by atoms with Crippen LogP contribution in [0.3, 0.4) is 0 Å². The first-order valence-corrected chi connectivity index (χ1v) is 11.8. The molecule has 0 spiro atoms. The Morgan fingerprint density at radius 1 is 0.788 bits per heavy atom. The second-order valence-electron chi connectivity index (χ2n) is 9.06. The number of carboxylic acids is 1. The molecule has 3 aromatic rings. The second kappa shape index (κ2) is 11.0. The van der Waals surface area contributed by atoms with E-state index in [1.54, 1.807) is 18.2 Å². The van der Waals surface area contributed by atoms with Crippen LogP contribution in [-0.2, 0) is 17.6 Å². The quantitative estimate of drug-likeness (QED) is 0.467. The SMILES string of the molecule is O=C(Cc1cccc(-c2cccc(C(=O)O)c2)c1)NCC1CCCCC1Cc1ccccc1. The maximum absolute atomic E-state index is 12.7. The number of rotatable bonds is 8. The molecule has 0 bridgehead atoms. The third kappa shape index (κ3) is 6.32. The molecule has 33 heavy (non-hydrogen) atoms. The largest absolute Gasteiger partial charge is 0.478 e. The van der Waals surface area contributed by atoms with Gasteiger partial charge in [-0.05, 0) is 65.5 Å². The fraction of sp³-hybridized carbons (Fsp3) is 0.310. The zero-order chi connectivity index (χ0) is 23.0. The molecule has 1 saturated carbocycles. The fourth-order valence-electron chi connectivity index (χ4n) is 4.92. The van der Waals surface area contributed by atoms with E-state index in [9.17, 15) is 14.7 Å². The van der Waals surface area contributed by atoms with Crippen molar-refractivity contribution in [1.29, 1.82) is 0 Å². The molecule has 3 aromatic carbocycles. The summed E-state index contributed by atoms with van der Waals surface area (Å²) in [5.74, 6) is 0.232. The van der Waals surface area contributed by atoms with E-state index in [1.807, 2.05) is 30.3 Å². The Balaban J connectivity index is 1.35. The highest BCUT2D eigenvalue weighted by molar-refractivity contribution is 5.89. The number of carbonyl (C=O) groups is 2. The summed E-state index contributed by atoms with van der Waals surface area (Å²) in [5.41, 5.74) is 4.31. The van der Waals surface area contributed by atoms with Crippen molar-refractivity contribution in [2.75, 3.05) is 6.54 Å². The summed E-state index contributed by atoms with van der Waals surface area (Å²) < 4.78 is 0. The lowest BCUT2D eigenvalue weighted by Gasteiger charge is -2.32. The Kier molecular flexibility index (Phi) is 7.56. The first-order chi connectivity index (χ1) is 16.1. The van der Waals surface area contributed by atoms with E-state index >= 15 is 0 Å². The zero-order valence-electron chi connectivity index (χ0n) is 18.9. The number of nitrogens with one attached hydrogen (secondary N) is 1. The first-order valence-electron chi connectivity index (χ1n) is 11.8. The lowest BCUT2D eigenvalue weighted by molar-refractivity contribution is -0.120. The van der Waals surface area contributed by atoms with E-state index in [1.165, 1.54) is 31.2 Å². The number of amides is 1. The number of aromatic carboxylic acids is 1. The number of carboxylic acid groups (broad SMARTS) is 1. The molecule has 0 radical (unpaired) electrons. The molecule has 1 fully saturated rings. The van der Waals surface area contributed by atoms with E-state index in [0.717, 1.165) is 29.7 Å². The number of carbonyl (C=O) groups excluding carboxylic acids is 1. The lowest BCUT2D eigenvalue weighted by Crippen LogP contribution is -2.35. The normalized spacial score (nSPS) is 17.9. The molecule has 4 heteroatoms. The Bertz CT molecular complexity index is 1090. The van der Waals surface area contributed by atoms with Gasteiger partial charge in [-0.3, -0.25) is 4.79 Å². The monoisotopic (exact) mass is 441 g/mol. The maximum Gasteiger partial charge on any atom is 0.335 e. The van der Waals surface area contributed by atoms with Crippen LogP contribution in [0.1, 0.15) is 47.2 Å². The highest BCUT2D eigenvalue weighted by Gasteiger charge is 2.25. The Hall–Kier alpha value is -3.40. The molecular formula is C29H31NO3. The zero-order valence-corrected chi connectivity index (χ0v) is 18.9. The molecule has 2 atom stereocenters. The standard InChI is InChI=1S/C29H31NO3/c31-28(30-20-27-12-5-4-11-24(27)16-21-8-2-1-3-9-21)18-22-10-6-13-23(17-22)25-14-7-15-26(19-25)29(32)33/h1-3,6-10,13-15,17,19,24,27H,4-5,11-12,16,18,20H2,(H,30,31)(H,32,33). The van der Waals surface area contributed by atoms with Crippen molar-refractivity contribution in [3.8, 4) is 11.1 Å². The molecule has 1 aliphatic rings. The van der Waals surface area contributed by atoms with E-state index < -0.39 is 5.97 Å². The van der Waals surface area contributed by atoms with Crippen LogP contribution in [0.15, 0.2) is 78.9 Å². The average molecular weight is 442 g/mol. The van der Waals surface area contributed by atoms with Crippen LogP contribution in [0.4, 0.5) is 0 Å². The summed E-state index contributed by atoms with van der Waals surface area (Å²) >= 11 is 0. The van der Waals surface area contributed by atoms with Crippen molar-refractivity contribution in [2.45, 2.75) is 38.5 Å². The van der Waals surface area contributed by atoms with Gasteiger partial charge >= 0.3 is 5.97 Å². The first kappa shape index (κ1) is 22.8. The summed E-state index contributed by atoms with van der Waals surface area (Å²) in [6.07, 6.45) is 6.32. The lowest BCUT2D eigenvalue weighted by atomic mass is 9.76. The van der Waals surface area contributed by atoms with E-state index in [-0.39, 0.29) is 11.5 Å². The summed E-state index contributed by atoms with van der Waals surface area (Å²) in [7, 11) is 0. The van der Waals surface area contributed by atoms with Crippen molar-refractivity contribution < 1.29 is 14.7 Å². The van der Waals surface area contributed by atoms with Gasteiger partial charge in [-0.25, -0.2) is 4.79 Å². The van der Waals surface area contributed by atoms with Gasteiger partial charge < -0.3 is 10.4 Å². The van der Waals surface area contributed by atoms with Gasteiger partial charge in [0.2, 0.25) is 5.91 Å².